The maximum Gasteiger partial charge on any atom is 0.321 e. The summed E-state index contributed by atoms with van der Waals surface area (Å²) in [4.78, 5) is 17.1. The van der Waals surface area contributed by atoms with Gasteiger partial charge < -0.3 is 20.3 Å². The molecule has 104 valence electrons. The predicted molar refractivity (Wildman–Crippen MR) is 73.5 cm³/mol. The molecule has 19 heavy (non-hydrogen) atoms. The summed E-state index contributed by atoms with van der Waals surface area (Å²) < 4.78 is 5.79. The van der Waals surface area contributed by atoms with E-state index in [2.05, 4.69) is 15.6 Å². The van der Waals surface area contributed by atoms with Crippen molar-refractivity contribution in [3.63, 3.8) is 0 Å². The van der Waals surface area contributed by atoms with Gasteiger partial charge in [-0.2, -0.15) is 0 Å². The van der Waals surface area contributed by atoms with Crippen LogP contribution in [-0.2, 0) is 0 Å². The lowest BCUT2D eigenvalue weighted by molar-refractivity contribution is 0.156. The van der Waals surface area contributed by atoms with Crippen LogP contribution < -0.4 is 15.4 Å². The first-order valence-electron chi connectivity index (χ1n) is 6.47. The smallest absolute Gasteiger partial charge is 0.321 e. The van der Waals surface area contributed by atoms with Gasteiger partial charge in [-0.25, -0.2) is 9.78 Å². The number of hydrogen-bond donors (Lipinski definition) is 2. The third-order valence-corrected chi connectivity index (χ3v) is 2.97. The summed E-state index contributed by atoms with van der Waals surface area (Å²) in [5.74, 6) is 0.606. The molecule has 6 nitrogen and oxygen atoms in total. The van der Waals surface area contributed by atoms with E-state index in [1.807, 2.05) is 0 Å². The van der Waals surface area contributed by atoms with Crippen LogP contribution in [-0.4, -0.2) is 49.2 Å². The monoisotopic (exact) mass is 264 g/mol. The van der Waals surface area contributed by atoms with Gasteiger partial charge in [-0.1, -0.05) is 0 Å². The van der Waals surface area contributed by atoms with Gasteiger partial charge in [0.25, 0.3) is 0 Å². The van der Waals surface area contributed by atoms with E-state index in [1.54, 1.807) is 32.4 Å². The van der Waals surface area contributed by atoms with Crippen LogP contribution in [0.5, 0.6) is 5.88 Å². The summed E-state index contributed by atoms with van der Waals surface area (Å²) in [6, 6.07) is 3.41. The molecule has 1 aromatic heterocycles. The topological polar surface area (TPSA) is 66.5 Å². The molecule has 0 aromatic carbocycles. The van der Waals surface area contributed by atoms with Gasteiger partial charge in [-0.15, -0.1) is 0 Å². The second-order valence-corrected chi connectivity index (χ2v) is 4.78. The van der Waals surface area contributed by atoms with E-state index in [1.165, 1.54) is 4.90 Å². The van der Waals surface area contributed by atoms with Crippen molar-refractivity contribution in [2.75, 3.05) is 32.5 Å². The molecule has 0 unspecified atom stereocenters. The van der Waals surface area contributed by atoms with Crippen LogP contribution in [0.25, 0.3) is 0 Å². The summed E-state index contributed by atoms with van der Waals surface area (Å²) in [7, 11) is 3.38. The highest BCUT2D eigenvalue weighted by Crippen LogP contribution is 2.16. The van der Waals surface area contributed by atoms with Gasteiger partial charge in [-0.05, 0) is 32.0 Å². The molecule has 6 heteroatoms. The molecule has 0 aliphatic carbocycles. The predicted octanol–water partition coefficient (Wildman–Crippen LogP) is 1.31. The Bertz CT molecular complexity index is 413. The molecule has 0 radical (unpaired) electrons. The van der Waals surface area contributed by atoms with E-state index in [-0.39, 0.29) is 12.1 Å². The quantitative estimate of drug-likeness (QED) is 0.863. The van der Waals surface area contributed by atoms with E-state index < -0.39 is 0 Å². The number of piperidine rings is 1. The number of nitrogens with zero attached hydrogens (tertiary/aromatic N) is 2. The molecular weight excluding hydrogens is 244 g/mol. The van der Waals surface area contributed by atoms with E-state index in [9.17, 15) is 4.79 Å². The number of pyridine rings is 1. The lowest BCUT2D eigenvalue weighted by atomic mass is 10.1. The molecule has 0 bridgehead atoms. The Hall–Kier alpha value is -1.82. The lowest BCUT2D eigenvalue weighted by Gasteiger charge is -2.23. The third-order valence-electron chi connectivity index (χ3n) is 2.97. The van der Waals surface area contributed by atoms with Crippen molar-refractivity contribution in [1.82, 2.24) is 15.2 Å². The summed E-state index contributed by atoms with van der Waals surface area (Å²) >= 11 is 0. The number of amides is 2. The molecule has 2 rings (SSSR count). The Morgan fingerprint density at radius 2 is 2.16 bits per heavy atom. The zero-order valence-electron chi connectivity index (χ0n) is 11.3. The minimum absolute atomic E-state index is 0.172. The Balaban J connectivity index is 1.88. The summed E-state index contributed by atoms with van der Waals surface area (Å²) in [5, 5.41) is 6.02. The first-order chi connectivity index (χ1) is 9.15. The number of rotatable bonds is 3. The number of carbonyl (C=O) groups excluding carboxylic acids is 1. The number of ether oxygens (including phenoxy) is 1. The van der Waals surface area contributed by atoms with Crippen LogP contribution in [0.15, 0.2) is 18.3 Å². The second kappa shape index (κ2) is 6.38. The molecule has 1 aromatic rings. The molecule has 0 atom stereocenters. The van der Waals surface area contributed by atoms with Crippen molar-refractivity contribution in [2.45, 2.75) is 18.9 Å². The zero-order valence-corrected chi connectivity index (χ0v) is 11.3. The molecule has 1 aliphatic rings. The molecular formula is C13H20N4O2. The molecule has 1 aliphatic heterocycles. The fourth-order valence-corrected chi connectivity index (χ4v) is 1.84. The first-order valence-corrected chi connectivity index (χ1v) is 6.47. The van der Waals surface area contributed by atoms with E-state index in [4.69, 9.17) is 4.74 Å². The molecule has 0 spiro atoms. The van der Waals surface area contributed by atoms with Crippen LogP contribution in [0.2, 0.25) is 0 Å². The summed E-state index contributed by atoms with van der Waals surface area (Å²) in [5.41, 5.74) is 0.663. The van der Waals surface area contributed by atoms with Gasteiger partial charge in [0.05, 0.1) is 11.9 Å². The fraction of sp³-hybridized carbons (Fsp3) is 0.538. The highest BCUT2D eigenvalue weighted by atomic mass is 16.5. The molecule has 2 heterocycles. The first kappa shape index (κ1) is 13.6. The highest BCUT2D eigenvalue weighted by Gasteiger charge is 2.14. The Kier molecular flexibility index (Phi) is 4.57. The number of anilines is 1. The Morgan fingerprint density at radius 3 is 2.74 bits per heavy atom. The number of urea groups is 1. The highest BCUT2D eigenvalue weighted by molar-refractivity contribution is 5.88. The fourth-order valence-electron chi connectivity index (χ4n) is 1.84. The van der Waals surface area contributed by atoms with Gasteiger partial charge in [-0.3, -0.25) is 0 Å². The number of carbonyl (C=O) groups is 1. The van der Waals surface area contributed by atoms with Crippen molar-refractivity contribution in [2.24, 2.45) is 0 Å². The van der Waals surface area contributed by atoms with Crippen molar-refractivity contribution >= 4 is 11.7 Å². The SMILES string of the molecule is CN(C)C(=O)Nc1ccc(OC2CCNCC2)nc1. The van der Waals surface area contributed by atoms with Crippen LogP contribution in [0.1, 0.15) is 12.8 Å². The molecule has 2 amide bonds. The largest absolute Gasteiger partial charge is 0.474 e. The second-order valence-electron chi connectivity index (χ2n) is 4.78. The maximum absolute atomic E-state index is 11.5. The van der Waals surface area contributed by atoms with Gasteiger partial charge in [0.1, 0.15) is 6.10 Å². The normalized spacial score (nSPS) is 15.9. The Morgan fingerprint density at radius 1 is 1.42 bits per heavy atom. The van der Waals surface area contributed by atoms with Crippen LogP contribution >= 0.6 is 0 Å². The van der Waals surface area contributed by atoms with Crippen LogP contribution in [0, 0.1) is 0 Å². The number of aromatic nitrogens is 1. The van der Waals surface area contributed by atoms with Gasteiger partial charge in [0.2, 0.25) is 5.88 Å². The van der Waals surface area contributed by atoms with Crippen molar-refractivity contribution < 1.29 is 9.53 Å². The van der Waals surface area contributed by atoms with Crippen LogP contribution in [0.3, 0.4) is 0 Å². The van der Waals surface area contributed by atoms with Crippen molar-refractivity contribution in [1.29, 1.82) is 0 Å². The molecule has 1 fully saturated rings. The van der Waals surface area contributed by atoms with E-state index in [0.29, 0.717) is 11.6 Å². The Labute approximate surface area is 113 Å². The number of hydrogen-bond acceptors (Lipinski definition) is 4. The minimum Gasteiger partial charge on any atom is -0.474 e. The average molecular weight is 264 g/mol. The number of nitrogens with one attached hydrogen (secondary N) is 2. The summed E-state index contributed by atoms with van der Waals surface area (Å²) in [6.45, 7) is 1.98. The van der Waals surface area contributed by atoms with Gasteiger partial charge in [0, 0.05) is 20.2 Å². The van der Waals surface area contributed by atoms with Crippen LogP contribution in [0.4, 0.5) is 10.5 Å². The lowest BCUT2D eigenvalue weighted by Crippen LogP contribution is -2.34. The van der Waals surface area contributed by atoms with E-state index in [0.717, 1.165) is 25.9 Å². The van der Waals surface area contributed by atoms with E-state index >= 15 is 0 Å². The molecule has 0 saturated carbocycles. The maximum atomic E-state index is 11.5. The van der Waals surface area contributed by atoms with Gasteiger partial charge >= 0.3 is 6.03 Å². The molecule has 2 N–H and O–H groups in total. The van der Waals surface area contributed by atoms with Gasteiger partial charge in [0.15, 0.2) is 0 Å². The molecule has 1 saturated heterocycles. The average Bonchev–Trinajstić information content (AvgIpc) is 2.42. The standard InChI is InChI=1S/C13H20N4O2/c1-17(2)13(18)16-10-3-4-12(15-9-10)19-11-5-7-14-8-6-11/h3-4,9,11,14H,5-8H2,1-2H3,(H,16,18). The third kappa shape index (κ3) is 4.10. The van der Waals surface area contributed by atoms with Crippen molar-refractivity contribution in [3.05, 3.63) is 18.3 Å². The van der Waals surface area contributed by atoms with Crippen molar-refractivity contribution in [3.8, 4) is 5.88 Å². The zero-order chi connectivity index (χ0) is 13.7. The minimum atomic E-state index is -0.172. The summed E-state index contributed by atoms with van der Waals surface area (Å²) in [6.07, 6.45) is 3.84.